The van der Waals surface area contributed by atoms with Crippen molar-refractivity contribution in [3.8, 4) is 11.1 Å². The van der Waals surface area contributed by atoms with E-state index >= 15 is 0 Å². The summed E-state index contributed by atoms with van der Waals surface area (Å²) in [6, 6.07) is 14.2. The van der Waals surface area contributed by atoms with Gasteiger partial charge in [0.25, 0.3) is 0 Å². The topological polar surface area (TPSA) is 72.9 Å². The van der Waals surface area contributed by atoms with Crippen molar-refractivity contribution in [1.29, 1.82) is 0 Å². The number of ketones is 1. The highest BCUT2D eigenvalue weighted by atomic mass is 79.9. The average Bonchev–Trinajstić information content (AvgIpc) is 3.13. The molecule has 2 aromatic rings. The van der Waals surface area contributed by atoms with E-state index in [1.54, 1.807) is 32.9 Å². The Bertz CT molecular complexity index is 979. The number of esters is 1. The number of halogens is 1. The van der Waals surface area contributed by atoms with E-state index in [0.29, 0.717) is 18.4 Å². The molecule has 0 N–H and O–H groups in total. The van der Waals surface area contributed by atoms with E-state index in [9.17, 15) is 14.4 Å². The first kappa shape index (κ1) is 24.0. The Balaban J connectivity index is 1.59. The molecule has 1 saturated heterocycles. The maximum atomic E-state index is 12.6. The lowest BCUT2D eigenvalue weighted by Gasteiger charge is -2.30. The van der Waals surface area contributed by atoms with Crippen LogP contribution in [0.5, 0.6) is 0 Å². The fourth-order valence-corrected chi connectivity index (χ4v) is 3.91. The van der Waals surface area contributed by atoms with Crippen molar-refractivity contribution in [2.24, 2.45) is 0 Å². The molecular weight excluding hydrogens is 474 g/mol. The molecule has 0 aromatic heterocycles. The first-order chi connectivity index (χ1) is 15.0. The summed E-state index contributed by atoms with van der Waals surface area (Å²) in [6.07, 6.45) is 0.610. The molecule has 170 valence electrons. The minimum atomic E-state index is -0.743. The molecule has 0 spiro atoms. The standard InChI is InChI=1S/C25H28BrNO5/c1-16-5-14-21(27(16)24(30)32-25(2,3)4)23(29)31-15-22(28)19-8-6-17(7-9-19)18-10-12-20(26)13-11-18/h6-13,16,21H,5,14-15H2,1-4H3/t16-,21-/m0/s1. The summed E-state index contributed by atoms with van der Waals surface area (Å²) in [5.41, 5.74) is 1.82. The number of amides is 1. The molecule has 6 nitrogen and oxygen atoms in total. The van der Waals surface area contributed by atoms with Crippen LogP contribution >= 0.6 is 15.9 Å². The van der Waals surface area contributed by atoms with Crippen LogP contribution in [-0.4, -0.2) is 47.0 Å². The summed E-state index contributed by atoms with van der Waals surface area (Å²) in [7, 11) is 0. The Morgan fingerprint density at radius 1 is 0.969 bits per heavy atom. The lowest BCUT2D eigenvalue weighted by atomic mass is 10.0. The van der Waals surface area contributed by atoms with Gasteiger partial charge in [-0.3, -0.25) is 9.69 Å². The Morgan fingerprint density at radius 2 is 1.53 bits per heavy atom. The summed E-state index contributed by atoms with van der Waals surface area (Å²) < 4.78 is 11.7. The minimum Gasteiger partial charge on any atom is -0.456 e. The second-order valence-corrected chi connectivity index (χ2v) is 9.86. The monoisotopic (exact) mass is 501 g/mol. The smallest absolute Gasteiger partial charge is 0.411 e. The van der Waals surface area contributed by atoms with Gasteiger partial charge in [0, 0.05) is 16.1 Å². The zero-order chi connectivity index (χ0) is 23.5. The van der Waals surface area contributed by atoms with Crippen LogP contribution in [-0.2, 0) is 14.3 Å². The number of hydrogen-bond donors (Lipinski definition) is 0. The van der Waals surface area contributed by atoms with Gasteiger partial charge in [0.15, 0.2) is 12.4 Å². The molecule has 1 heterocycles. The number of Topliss-reactive ketones (excluding diaryl/α,β-unsaturated/α-hetero) is 1. The average molecular weight is 502 g/mol. The van der Waals surface area contributed by atoms with Crippen molar-refractivity contribution in [1.82, 2.24) is 4.90 Å². The highest BCUT2D eigenvalue weighted by molar-refractivity contribution is 9.10. The van der Waals surface area contributed by atoms with Gasteiger partial charge < -0.3 is 9.47 Å². The second kappa shape index (κ2) is 9.86. The van der Waals surface area contributed by atoms with E-state index in [4.69, 9.17) is 9.47 Å². The molecule has 3 rings (SSSR count). The number of hydrogen-bond acceptors (Lipinski definition) is 5. The number of carbonyl (C=O) groups is 3. The molecule has 0 unspecified atom stereocenters. The van der Waals surface area contributed by atoms with Crippen molar-refractivity contribution in [2.75, 3.05) is 6.61 Å². The van der Waals surface area contributed by atoms with Gasteiger partial charge in [-0.25, -0.2) is 9.59 Å². The van der Waals surface area contributed by atoms with E-state index in [1.807, 2.05) is 43.3 Å². The van der Waals surface area contributed by atoms with Crippen LogP contribution in [0.2, 0.25) is 0 Å². The van der Waals surface area contributed by atoms with Gasteiger partial charge in [0.1, 0.15) is 11.6 Å². The van der Waals surface area contributed by atoms with Crippen LogP contribution in [0.3, 0.4) is 0 Å². The minimum absolute atomic E-state index is 0.135. The first-order valence-electron chi connectivity index (χ1n) is 10.6. The lowest BCUT2D eigenvalue weighted by Crippen LogP contribution is -2.47. The van der Waals surface area contributed by atoms with Crippen LogP contribution in [0, 0.1) is 0 Å². The predicted octanol–water partition coefficient (Wildman–Crippen LogP) is 5.63. The van der Waals surface area contributed by atoms with E-state index < -0.39 is 23.7 Å². The quantitative estimate of drug-likeness (QED) is 0.392. The Hall–Kier alpha value is -2.67. The van der Waals surface area contributed by atoms with Gasteiger partial charge in [-0.15, -0.1) is 0 Å². The maximum Gasteiger partial charge on any atom is 0.411 e. The number of carbonyl (C=O) groups excluding carboxylic acids is 3. The molecule has 1 fully saturated rings. The van der Waals surface area contributed by atoms with E-state index in [2.05, 4.69) is 15.9 Å². The highest BCUT2D eigenvalue weighted by Crippen LogP contribution is 2.27. The van der Waals surface area contributed by atoms with Crippen LogP contribution in [0.4, 0.5) is 4.79 Å². The van der Waals surface area contributed by atoms with Crippen LogP contribution < -0.4 is 0 Å². The highest BCUT2D eigenvalue weighted by Gasteiger charge is 2.42. The van der Waals surface area contributed by atoms with Crippen molar-refractivity contribution in [3.05, 3.63) is 58.6 Å². The van der Waals surface area contributed by atoms with Crippen molar-refractivity contribution < 1.29 is 23.9 Å². The molecule has 0 aliphatic carbocycles. The fourth-order valence-electron chi connectivity index (χ4n) is 3.64. The molecule has 0 saturated carbocycles. The Labute approximate surface area is 197 Å². The summed E-state index contributed by atoms with van der Waals surface area (Å²) in [5, 5.41) is 0. The van der Waals surface area contributed by atoms with Gasteiger partial charge in [0.2, 0.25) is 0 Å². The third-order valence-electron chi connectivity index (χ3n) is 5.27. The van der Waals surface area contributed by atoms with Crippen molar-refractivity contribution >= 4 is 33.8 Å². The molecule has 7 heteroatoms. The molecule has 0 radical (unpaired) electrons. The van der Waals surface area contributed by atoms with Gasteiger partial charge in [-0.05, 0) is 63.8 Å². The SMILES string of the molecule is C[C@H]1CC[C@@H](C(=O)OCC(=O)c2ccc(-c3ccc(Br)cc3)cc2)N1C(=O)OC(C)(C)C. The molecule has 2 aromatic carbocycles. The summed E-state index contributed by atoms with van der Waals surface area (Å²) in [6.45, 7) is 6.83. The second-order valence-electron chi connectivity index (χ2n) is 8.94. The van der Waals surface area contributed by atoms with E-state index in [-0.39, 0.29) is 18.4 Å². The van der Waals surface area contributed by atoms with E-state index in [1.165, 1.54) is 4.90 Å². The van der Waals surface area contributed by atoms with Gasteiger partial charge in [-0.2, -0.15) is 0 Å². The normalized spacial score (nSPS) is 18.3. The molecule has 1 amide bonds. The van der Waals surface area contributed by atoms with Gasteiger partial charge in [0.05, 0.1) is 0 Å². The number of nitrogens with zero attached hydrogens (tertiary/aromatic N) is 1. The molecular formula is C25H28BrNO5. The molecule has 0 bridgehead atoms. The summed E-state index contributed by atoms with van der Waals surface area (Å²) >= 11 is 3.41. The zero-order valence-electron chi connectivity index (χ0n) is 18.8. The Kier molecular flexibility index (Phi) is 7.39. The number of benzene rings is 2. The summed E-state index contributed by atoms with van der Waals surface area (Å²) in [5.74, 6) is -0.879. The van der Waals surface area contributed by atoms with Crippen molar-refractivity contribution in [2.45, 2.75) is 58.2 Å². The molecule has 1 aliphatic heterocycles. The molecule has 1 aliphatic rings. The molecule has 2 atom stereocenters. The predicted molar refractivity (Wildman–Crippen MR) is 125 cm³/mol. The third-order valence-corrected chi connectivity index (χ3v) is 5.80. The lowest BCUT2D eigenvalue weighted by molar-refractivity contribution is -0.148. The number of rotatable bonds is 5. The zero-order valence-corrected chi connectivity index (χ0v) is 20.3. The van der Waals surface area contributed by atoms with Crippen LogP contribution in [0.25, 0.3) is 11.1 Å². The van der Waals surface area contributed by atoms with Crippen LogP contribution in [0.15, 0.2) is 53.0 Å². The Morgan fingerprint density at radius 3 is 2.09 bits per heavy atom. The number of ether oxygens (including phenoxy) is 2. The van der Waals surface area contributed by atoms with Crippen LogP contribution in [0.1, 0.15) is 50.9 Å². The third kappa shape index (κ3) is 5.97. The molecule has 32 heavy (non-hydrogen) atoms. The van der Waals surface area contributed by atoms with E-state index in [0.717, 1.165) is 15.6 Å². The maximum absolute atomic E-state index is 12.6. The fraction of sp³-hybridized carbons (Fsp3) is 0.400. The largest absolute Gasteiger partial charge is 0.456 e. The van der Waals surface area contributed by atoms with Crippen molar-refractivity contribution in [3.63, 3.8) is 0 Å². The first-order valence-corrected chi connectivity index (χ1v) is 11.4. The number of likely N-dealkylation sites (tertiary alicyclic amines) is 1. The van der Waals surface area contributed by atoms with Gasteiger partial charge in [-0.1, -0.05) is 52.3 Å². The van der Waals surface area contributed by atoms with Gasteiger partial charge >= 0.3 is 12.1 Å². The summed E-state index contributed by atoms with van der Waals surface area (Å²) in [4.78, 5) is 39.1.